The Morgan fingerprint density at radius 2 is 1.45 bits per heavy atom. The summed E-state index contributed by atoms with van der Waals surface area (Å²) in [6.07, 6.45) is 2.59. The number of anilines is 2. The van der Waals surface area contributed by atoms with E-state index in [2.05, 4.69) is 105 Å². The molecule has 0 spiro atoms. The largest absolute Gasteiger partial charge is 0.372 e. The van der Waals surface area contributed by atoms with Gasteiger partial charge in [-0.3, -0.25) is 14.5 Å². The van der Waals surface area contributed by atoms with Gasteiger partial charge in [0.1, 0.15) is 16.9 Å². The lowest BCUT2D eigenvalue weighted by Gasteiger charge is -2.40. The van der Waals surface area contributed by atoms with Crippen LogP contribution in [0.1, 0.15) is 59.0 Å². The lowest BCUT2D eigenvalue weighted by Crippen LogP contribution is -2.49. The summed E-state index contributed by atoms with van der Waals surface area (Å²) in [6, 6.07) is 20.0. The van der Waals surface area contributed by atoms with Crippen LogP contribution in [-0.2, 0) is 0 Å². The Hall–Kier alpha value is -3.49. The van der Waals surface area contributed by atoms with Crippen molar-refractivity contribution in [1.82, 2.24) is 19.7 Å². The highest BCUT2D eigenvalue weighted by atomic mass is 32.1. The van der Waals surface area contributed by atoms with Crippen LogP contribution in [0.15, 0.2) is 59.6 Å². The van der Waals surface area contributed by atoms with Gasteiger partial charge < -0.3 is 9.80 Å². The molecule has 4 aromatic rings. The maximum atomic E-state index is 5.22. The van der Waals surface area contributed by atoms with Crippen molar-refractivity contribution < 1.29 is 0 Å². The summed E-state index contributed by atoms with van der Waals surface area (Å²) in [5, 5.41) is 10.1. The molecule has 5 heterocycles. The number of para-hydroxylation sites is 1. The van der Waals surface area contributed by atoms with E-state index in [-0.39, 0.29) is 6.04 Å². The lowest BCUT2D eigenvalue weighted by molar-refractivity contribution is 0.201. The smallest absolute Gasteiger partial charge is 0.162 e. The number of hydrogen-bond acceptors (Lipinski definition) is 7. The van der Waals surface area contributed by atoms with E-state index < -0.39 is 0 Å². The average Bonchev–Trinajstić information content (AvgIpc) is 3.51. The van der Waals surface area contributed by atoms with Gasteiger partial charge in [-0.05, 0) is 76.3 Å². The van der Waals surface area contributed by atoms with Gasteiger partial charge in [-0.1, -0.05) is 30.3 Å². The quantitative estimate of drug-likeness (QED) is 0.282. The second-order valence-electron chi connectivity index (χ2n) is 12.2. The van der Waals surface area contributed by atoms with Gasteiger partial charge in [0.2, 0.25) is 0 Å². The summed E-state index contributed by atoms with van der Waals surface area (Å²) in [5.74, 6) is 2.65. The van der Waals surface area contributed by atoms with Crippen LogP contribution in [-0.4, -0.2) is 71.2 Å². The molecule has 42 heavy (non-hydrogen) atoms. The summed E-state index contributed by atoms with van der Waals surface area (Å²) in [5.41, 5.74) is 7.44. The van der Waals surface area contributed by atoms with Crippen molar-refractivity contribution in [2.45, 2.75) is 46.6 Å². The van der Waals surface area contributed by atoms with E-state index in [0.717, 1.165) is 49.5 Å². The first-order valence-electron chi connectivity index (χ1n) is 15.4. The van der Waals surface area contributed by atoms with E-state index in [0.29, 0.717) is 0 Å². The van der Waals surface area contributed by atoms with Gasteiger partial charge in [0.15, 0.2) is 5.82 Å². The summed E-state index contributed by atoms with van der Waals surface area (Å²) in [4.78, 5) is 14.3. The molecule has 2 aromatic heterocycles. The topological polar surface area (TPSA) is 52.8 Å². The van der Waals surface area contributed by atoms with Crippen molar-refractivity contribution in [3.63, 3.8) is 0 Å². The Balaban J connectivity index is 0.999. The minimum atomic E-state index is -0.0566. The molecule has 8 heteroatoms. The van der Waals surface area contributed by atoms with E-state index >= 15 is 0 Å². The highest BCUT2D eigenvalue weighted by molar-refractivity contribution is 7.15. The molecule has 2 fully saturated rings. The molecule has 2 saturated heterocycles. The molecule has 1 unspecified atom stereocenters. The number of piperidine rings is 1. The third-order valence-electron chi connectivity index (χ3n) is 9.48. The predicted molar refractivity (Wildman–Crippen MR) is 174 cm³/mol. The van der Waals surface area contributed by atoms with E-state index in [1.807, 2.05) is 18.3 Å². The third kappa shape index (κ3) is 5.05. The second kappa shape index (κ2) is 11.3. The first kappa shape index (κ1) is 27.3. The molecule has 218 valence electrons. The molecular formula is C34H41N7S. The van der Waals surface area contributed by atoms with Crippen molar-refractivity contribution in [1.29, 1.82) is 0 Å². The number of rotatable bonds is 5. The normalized spacial score (nSPS) is 19.8. The van der Waals surface area contributed by atoms with Crippen molar-refractivity contribution >= 4 is 28.4 Å². The average molecular weight is 580 g/mol. The molecule has 0 radical (unpaired) electrons. The first-order valence-corrected chi connectivity index (χ1v) is 16.3. The van der Waals surface area contributed by atoms with E-state index in [1.165, 1.54) is 70.4 Å². The van der Waals surface area contributed by atoms with Gasteiger partial charge >= 0.3 is 0 Å². The first-order chi connectivity index (χ1) is 20.5. The van der Waals surface area contributed by atoms with Crippen LogP contribution in [0, 0.1) is 26.7 Å². The van der Waals surface area contributed by atoms with Gasteiger partial charge in [-0.2, -0.15) is 0 Å². The SMILES string of the molecule is Cc1sc2c(c1C)C(c1ccc(N3CCN(CC4CCN(c5ccccc5)CC4)CC3)cc1)=NC(C)c1nnc(C)n1-2. The second-order valence-corrected chi connectivity index (χ2v) is 13.4. The number of nitrogens with zero attached hydrogens (tertiary/aromatic N) is 7. The van der Waals surface area contributed by atoms with Gasteiger partial charge in [0, 0.05) is 73.2 Å². The Labute approximate surface area is 253 Å². The highest BCUT2D eigenvalue weighted by Crippen LogP contribution is 2.38. The fraction of sp³-hybridized carbons (Fsp3) is 0.441. The Morgan fingerprint density at radius 3 is 2.17 bits per heavy atom. The van der Waals surface area contributed by atoms with Crippen LogP contribution < -0.4 is 9.80 Å². The minimum Gasteiger partial charge on any atom is -0.372 e. The van der Waals surface area contributed by atoms with Crippen molar-refractivity contribution in [3.8, 4) is 5.00 Å². The molecule has 0 saturated carbocycles. The van der Waals surface area contributed by atoms with Crippen molar-refractivity contribution in [2.75, 3.05) is 55.6 Å². The number of thiophene rings is 1. The third-order valence-corrected chi connectivity index (χ3v) is 10.7. The monoisotopic (exact) mass is 579 g/mol. The summed E-state index contributed by atoms with van der Waals surface area (Å²) in [7, 11) is 0. The summed E-state index contributed by atoms with van der Waals surface area (Å²) < 4.78 is 2.21. The molecule has 0 bridgehead atoms. The Kier molecular flexibility index (Phi) is 7.36. The number of aromatic nitrogens is 3. The molecule has 3 aliphatic rings. The molecule has 1 atom stereocenters. The van der Waals surface area contributed by atoms with E-state index in [1.54, 1.807) is 0 Å². The molecular weight excluding hydrogens is 538 g/mol. The van der Waals surface area contributed by atoms with Crippen LogP contribution in [0.2, 0.25) is 0 Å². The molecule has 3 aliphatic heterocycles. The number of hydrogen-bond donors (Lipinski definition) is 0. The van der Waals surface area contributed by atoms with Crippen LogP contribution in [0.25, 0.3) is 5.00 Å². The standard InChI is InChI=1S/C34H41N7S/c1-23-25(3)42-34-31(23)32(35-24(2)33-37-36-26(4)41(33)34)28-10-12-30(13-11-28)40-20-18-38(19-21-40)22-27-14-16-39(17-15-27)29-8-6-5-7-9-29/h5-13,24,27H,14-22H2,1-4H3. The van der Waals surface area contributed by atoms with Gasteiger partial charge in [-0.25, -0.2) is 0 Å². The van der Waals surface area contributed by atoms with Crippen LogP contribution in [0.4, 0.5) is 11.4 Å². The summed E-state index contributed by atoms with van der Waals surface area (Å²) >= 11 is 1.82. The van der Waals surface area contributed by atoms with Gasteiger partial charge in [-0.15, -0.1) is 21.5 Å². The molecule has 7 nitrogen and oxygen atoms in total. The zero-order valence-corrected chi connectivity index (χ0v) is 26.1. The molecule has 0 N–H and O–H groups in total. The highest BCUT2D eigenvalue weighted by Gasteiger charge is 2.30. The zero-order valence-electron chi connectivity index (χ0n) is 25.3. The Bertz CT molecular complexity index is 1570. The maximum absolute atomic E-state index is 5.22. The Morgan fingerprint density at radius 1 is 0.786 bits per heavy atom. The van der Waals surface area contributed by atoms with E-state index in [9.17, 15) is 0 Å². The molecule has 0 amide bonds. The zero-order chi connectivity index (χ0) is 28.8. The van der Waals surface area contributed by atoms with Crippen LogP contribution >= 0.6 is 11.3 Å². The van der Waals surface area contributed by atoms with Crippen LogP contribution in [0.3, 0.4) is 0 Å². The van der Waals surface area contributed by atoms with Gasteiger partial charge in [0.05, 0.1) is 5.71 Å². The molecule has 2 aromatic carbocycles. The van der Waals surface area contributed by atoms with Crippen molar-refractivity contribution in [2.24, 2.45) is 10.9 Å². The molecule has 0 aliphatic carbocycles. The molecule has 7 rings (SSSR count). The fourth-order valence-electron chi connectivity index (χ4n) is 6.88. The van der Waals surface area contributed by atoms with E-state index in [4.69, 9.17) is 4.99 Å². The summed E-state index contributed by atoms with van der Waals surface area (Å²) in [6.45, 7) is 16.6. The maximum Gasteiger partial charge on any atom is 0.162 e. The fourth-order valence-corrected chi connectivity index (χ4v) is 8.09. The minimum absolute atomic E-state index is 0.0566. The number of piperazine rings is 1. The number of fused-ring (bicyclic) bond motifs is 3. The van der Waals surface area contributed by atoms with Crippen molar-refractivity contribution in [3.05, 3.63) is 87.8 Å². The predicted octanol–water partition coefficient (Wildman–Crippen LogP) is 6.20. The number of aliphatic imine (C=N–C) groups is 1. The number of benzene rings is 2. The number of aryl methyl sites for hydroxylation is 2. The van der Waals surface area contributed by atoms with Gasteiger partial charge in [0.25, 0.3) is 0 Å². The lowest BCUT2D eigenvalue weighted by atomic mass is 9.95. The van der Waals surface area contributed by atoms with Crippen LogP contribution in [0.5, 0.6) is 0 Å².